The quantitative estimate of drug-likeness (QED) is 0.758. The fourth-order valence-electron chi connectivity index (χ4n) is 1.63. The van der Waals surface area contributed by atoms with E-state index in [2.05, 4.69) is 10.3 Å². The van der Waals surface area contributed by atoms with Crippen LogP contribution in [0.15, 0.2) is 33.9 Å². The number of nitrogens with one attached hydrogen (secondary N) is 2. The Morgan fingerprint density at radius 3 is 2.81 bits per heavy atom. The summed E-state index contributed by atoms with van der Waals surface area (Å²) in [7, 11) is 1.78. The number of hydrogen-bond acceptors (Lipinski definition) is 3. The fourth-order valence-corrected chi connectivity index (χ4v) is 1.63. The van der Waals surface area contributed by atoms with Crippen molar-refractivity contribution >= 4 is 10.9 Å². The average Bonchev–Trinajstić information content (AvgIpc) is 2.29. The maximum Gasteiger partial charge on any atom is 0.328 e. The van der Waals surface area contributed by atoms with Gasteiger partial charge in [0, 0.05) is 13.1 Å². The summed E-state index contributed by atoms with van der Waals surface area (Å²) in [5.41, 5.74) is -0.0215. The Bertz CT molecular complexity index is 612. The van der Waals surface area contributed by atoms with Crippen LogP contribution in [-0.2, 0) is 6.54 Å². The Balaban J connectivity index is 2.66. The Labute approximate surface area is 91.7 Å². The molecular weight excluding hydrogens is 206 g/mol. The maximum atomic E-state index is 12.0. The molecule has 2 N–H and O–H groups in total. The van der Waals surface area contributed by atoms with Gasteiger partial charge in [0.15, 0.2) is 0 Å². The Hall–Kier alpha value is -1.88. The van der Waals surface area contributed by atoms with Crippen LogP contribution in [0, 0.1) is 0 Å². The minimum atomic E-state index is -0.362. The summed E-state index contributed by atoms with van der Waals surface area (Å²) in [6.45, 7) is 0.955. The first-order chi connectivity index (χ1) is 7.74. The SMILES string of the molecule is CNCCn1c(=O)[nH]c2ccccc2c1=O. The highest BCUT2D eigenvalue weighted by Gasteiger charge is 2.05. The van der Waals surface area contributed by atoms with Crippen molar-refractivity contribution in [3.63, 3.8) is 0 Å². The molecule has 0 atom stereocenters. The molecule has 5 nitrogen and oxygen atoms in total. The zero-order valence-corrected chi connectivity index (χ0v) is 8.99. The van der Waals surface area contributed by atoms with E-state index in [9.17, 15) is 9.59 Å². The molecule has 1 aromatic heterocycles. The van der Waals surface area contributed by atoms with Gasteiger partial charge in [-0.3, -0.25) is 9.36 Å². The number of rotatable bonds is 3. The normalized spacial score (nSPS) is 10.8. The fraction of sp³-hybridized carbons (Fsp3) is 0.273. The third kappa shape index (κ3) is 1.77. The molecule has 0 unspecified atom stereocenters. The standard InChI is InChI=1S/C11H13N3O2/c1-12-6-7-14-10(15)8-4-2-3-5-9(8)13-11(14)16/h2-5,12H,6-7H2,1H3,(H,13,16). The molecule has 0 fully saturated rings. The first kappa shape index (κ1) is 10.6. The summed E-state index contributed by atoms with van der Waals surface area (Å²) in [6, 6.07) is 7.00. The van der Waals surface area contributed by atoms with E-state index in [4.69, 9.17) is 0 Å². The van der Waals surface area contributed by atoms with Crippen molar-refractivity contribution < 1.29 is 0 Å². The summed E-state index contributed by atoms with van der Waals surface area (Å²) in [6.07, 6.45) is 0. The summed E-state index contributed by atoms with van der Waals surface area (Å²) in [5.74, 6) is 0. The van der Waals surface area contributed by atoms with Gasteiger partial charge in [-0.15, -0.1) is 0 Å². The smallest absolute Gasteiger partial charge is 0.318 e. The van der Waals surface area contributed by atoms with Gasteiger partial charge in [-0.2, -0.15) is 0 Å². The largest absolute Gasteiger partial charge is 0.328 e. The van der Waals surface area contributed by atoms with Gasteiger partial charge in [-0.1, -0.05) is 12.1 Å². The summed E-state index contributed by atoms with van der Waals surface area (Å²) in [4.78, 5) is 26.3. The van der Waals surface area contributed by atoms with Crippen LogP contribution in [0.1, 0.15) is 0 Å². The van der Waals surface area contributed by atoms with E-state index in [1.54, 1.807) is 31.3 Å². The average molecular weight is 219 g/mol. The number of benzene rings is 1. The molecule has 84 valence electrons. The summed E-state index contributed by atoms with van der Waals surface area (Å²) < 4.78 is 1.21. The Morgan fingerprint density at radius 1 is 1.31 bits per heavy atom. The molecule has 16 heavy (non-hydrogen) atoms. The number of aromatic nitrogens is 2. The number of fused-ring (bicyclic) bond motifs is 1. The van der Waals surface area contributed by atoms with E-state index in [1.807, 2.05) is 0 Å². The van der Waals surface area contributed by atoms with Gasteiger partial charge in [-0.25, -0.2) is 4.79 Å². The number of para-hydroxylation sites is 1. The van der Waals surface area contributed by atoms with Crippen LogP contribution in [-0.4, -0.2) is 23.1 Å². The lowest BCUT2D eigenvalue weighted by Gasteiger charge is -2.05. The Kier molecular flexibility index (Phi) is 2.87. The topological polar surface area (TPSA) is 66.9 Å². The molecule has 2 aromatic rings. The van der Waals surface area contributed by atoms with Crippen molar-refractivity contribution in [2.75, 3.05) is 13.6 Å². The van der Waals surface area contributed by atoms with Crippen LogP contribution in [0.5, 0.6) is 0 Å². The minimum absolute atomic E-state index is 0.241. The van der Waals surface area contributed by atoms with Crippen LogP contribution < -0.4 is 16.6 Å². The number of hydrogen-bond donors (Lipinski definition) is 2. The highest BCUT2D eigenvalue weighted by atomic mass is 16.2. The van der Waals surface area contributed by atoms with Crippen molar-refractivity contribution in [3.05, 3.63) is 45.1 Å². The third-order valence-corrected chi connectivity index (χ3v) is 2.47. The van der Waals surface area contributed by atoms with Gasteiger partial charge >= 0.3 is 5.69 Å². The lowest BCUT2D eigenvalue weighted by Crippen LogP contribution is -2.37. The molecule has 0 aliphatic heterocycles. The van der Waals surface area contributed by atoms with Crippen LogP contribution in [0.25, 0.3) is 10.9 Å². The zero-order chi connectivity index (χ0) is 11.5. The molecule has 0 saturated heterocycles. The van der Waals surface area contributed by atoms with Crippen molar-refractivity contribution in [2.24, 2.45) is 0 Å². The van der Waals surface area contributed by atoms with Gasteiger partial charge in [0.25, 0.3) is 5.56 Å². The predicted octanol–water partition coefficient (Wildman–Crippen LogP) is -0.0908. The predicted molar refractivity (Wildman–Crippen MR) is 62.8 cm³/mol. The molecule has 0 bridgehead atoms. The number of H-pyrrole nitrogens is 1. The molecule has 0 radical (unpaired) electrons. The van der Waals surface area contributed by atoms with Gasteiger partial charge in [0.1, 0.15) is 0 Å². The van der Waals surface area contributed by atoms with Gasteiger partial charge in [0.2, 0.25) is 0 Å². The number of likely N-dealkylation sites (N-methyl/N-ethyl adjacent to an activating group) is 1. The van der Waals surface area contributed by atoms with Crippen LogP contribution in [0.4, 0.5) is 0 Å². The van der Waals surface area contributed by atoms with E-state index < -0.39 is 0 Å². The second-order valence-corrected chi connectivity index (χ2v) is 3.54. The lowest BCUT2D eigenvalue weighted by molar-refractivity contribution is 0.602. The molecule has 5 heteroatoms. The summed E-state index contributed by atoms with van der Waals surface area (Å²) in [5, 5.41) is 3.45. The molecule has 2 rings (SSSR count). The Morgan fingerprint density at radius 2 is 2.06 bits per heavy atom. The highest BCUT2D eigenvalue weighted by molar-refractivity contribution is 5.76. The van der Waals surface area contributed by atoms with Crippen LogP contribution in [0.2, 0.25) is 0 Å². The molecule has 0 aliphatic rings. The van der Waals surface area contributed by atoms with Crippen molar-refractivity contribution in [3.8, 4) is 0 Å². The summed E-state index contributed by atoms with van der Waals surface area (Å²) >= 11 is 0. The van der Waals surface area contributed by atoms with E-state index >= 15 is 0 Å². The zero-order valence-electron chi connectivity index (χ0n) is 8.99. The molecule has 0 amide bonds. The monoisotopic (exact) mass is 219 g/mol. The molecule has 0 aliphatic carbocycles. The second kappa shape index (κ2) is 4.32. The first-order valence-corrected chi connectivity index (χ1v) is 5.10. The van der Waals surface area contributed by atoms with Gasteiger partial charge in [-0.05, 0) is 19.2 Å². The second-order valence-electron chi connectivity index (χ2n) is 3.54. The first-order valence-electron chi connectivity index (χ1n) is 5.10. The van der Waals surface area contributed by atoms with E-state index in [0.29, 0.717) is 24.0 Å². The number of nitrogens with zero attached hydrogens (tertiary/aromatic N) is 1. The number of aromatic amines is 1. The van der Waals surface area contributed by atoms with Crippen molar-refractivity contribution in [1.82, 2.24) is 14.9 Å². The van der Waals surface area contributed by atoms with E-state index in [1.165, 1.54) is 4.57 Å². The van der Waals surface area contributed by atoms with Crippen molar-refractivity contribution in [2.45, 2.75) is 6.54 Å². The molecule has 1 aromatic carbocycles. The van der Waals surface area contributed by atoms with Crippen LogP contribution >= 0.6 is 0 Å². The molecule has 0 spiro atoms. The van der Waals surface area contributed by atoms with Gasteiger partial charge in [0.05, 0.1) is 10.9 Å². The van der Waals surface area contributed by atoms with Crippen LogP contribution in [0.3, 0.4) is 0 Å². The molecule has 1 heterocycles. The molecular formula is C11H13N3O2. The minimum Gasteiger partial charge on any atom is -0.318 e. The van der Waals surface area contributed by atoms with Gasteiger partial charge < -0.3 is 10.3 Å². The lowest BCUT2D eigenvalue weighted by atomic mass is 10.2. The highest BCUT2D eigenvalue weighted by Crippen LogP contribution is 2.02. The maximum absolute atomic E-state index is 12.0. The van der Waals surface area contributed by atoms with Crippen molar-refractivity contribution in [1.29, 1.82) is 0 Å². The van der Waals surface area contributed by atoms with E-state index in [0.717, 1.165) is 0 Å². The molecule has 0 saturated carbocycles. The van der Waals surface area contributed by atoms with E-state index in [-0.39, 0.29) is 11.2 Å². The third-order valence-electron chi connectivity index (χ3n) is 2.47.